The Morgan fingerprint density at radius 1 is 0.875 bits per heavy atom. The number of benzene rings is 3. The van der Waals surface area contributed by atoms with Crippen molar-refractivity contribution in [3.8, 4) is 16.8 Å². The number of hydrogen-bond donors (Lipinski definition) is 2. The van der Waals surface area contributed by atoms with Gasteiger partial charge in [0.15, 0.2) is 17.5 Å². The lowest BCUT2D eigenvalue weighted by Gasteiger charge is -2.11. The van der Waals surface area contributed by atoms with Crippen molar-refractivity contribution in [3.63, 3.8) is 0 Å². The van der Waals surface area contributed by atoms with E-state index in [0.717, 1.165) is 12.1 Å². The van der Waals surface area contributed by atoms with Crippen molar-refractivity contribution in [3.05, 3.63) is 102 Å². The molecule has 3 aromatic carbocycles. The molecule has 0 saturated heterocycles. The predicted octanol–water partition coefficient (Wildman–Crippen LogP) is 4.31. The Hall–Kier alpha value is -4.40. The minimum absolute atomic E-state index is 0.0791. The fourth-order valence-electron chi connectivity index (χ4n) is 3.10. The molecule has 0 atom stereocenters. The summed E-state index contributed by atoms with van der Waals surface area (Å²) in [5, 5.41) is 6.85. The Morgan fingerprint density at radius 3 is 2.16 bits per heavy atom. The average Bonchev–Trinajstić information content (AvgIpc) is 3.28. The van der Waals surface area contributed by atoms with E-state index >= 15 is 0 Å². The van der Waals surface area contributed by atoms with E-state index in [0.29, 0.717) is 16.9 Å². The van der Waals surface area contributed by atoms with Crippen LogP contribution in [-0.2, 0) is 0 Å². The van der Waals surface area contributed by atoms with E-state index < -0.39 is 29.3 Å². The third-order valence-electron chi connectivity index (χ3n) is 4.70. The third kappa shape index (κ3) is 4.08. The molecule has 3 N–H and O–H groups in total. The molecule has 0 spiro atoms. The Labute approximate surface area is 180 Å². The molecule has 9 heteroatoms. The van der Waals surface area contributed by atoms with Gasteiger partial charge in [0.2, 0.25) is 0 Å². The lowest BCUT2D eigenvalue weighted by Crippen LogP contribution is -2.15. The zero-order valence-electron chi connectivity index (χ0n) is 16.4. The molecule has 0 bridgehead atoms. The lowest BCUT2D eigenvalue weighted by atomic mass is 10.0. The van der Waals surface area contributed by atoms with E-state index in [1.54, 1.807) is 30.5 Å². The highest BCUT2D eigenvalue weighted by Crippen LogP contribution is 2.25. The summed E-state index contributed by atoms with van der Waals surface area (Å²) in [5.74, 6) is -5.24. The van der Waals surface area contributed by atoms with E-state index in [-0.39, 0.29) is 16.8 Å². The molecule has 160 valence electrons. The van der Waals surface area contributed by atoms with Crippen LogP contribution >= 0.6 is 0 Å². The minimum atomic E-state index is -1.54. The molecule has 4 rings (SSSR count). The molecule has 6 nitrogen and oxygen atoms in total. The summed E-state index contributed by atoms with van der Waals surface area (Å²) in [6, 6.07) is 16.0. The molecule has 1 aromatic heterocycles. The number of aromatic nitrogens is 2. The van der Waals surface area contributed by atoms with Crippen LogP contribution in [0.25, 0.3) is 16.8 Å². The van der Waals surface area contributed by atoms with Crippen LogP contribution in [0.15, 0.2) is 72.9 Å². The first-order chi connectivity index (χ1) is 15.3. The second kappa shape index (κ2) is 8.38. The van der Waals surface area contributed by atoms with E-state index in [1.807, 2.05) is 0 Å². The van der Waals surface area contributed by atoms with E-state index in [9.17, 15) is 22.8 Å². The van der Waals surface area contributed by atoms with Crippen molar-refractivity contribution in [2.75, 3.05) is 5.32 Å². The van der Waals surface area contributed by atoms with Crippen molar-refractivity contribution in [2.24, 2.45) is 5.73 Å². The highest BCUT2D eigenvalue weighted by atomic mass is 19.2. The van der Waals surface area contributed by atoms with Gasteiger partial charge in [-0.05, 0) is 53.6 Å². The monoisotopic (exact) mass is 436 g/mol. The number of rotatable bonds is 5. The number of anilines is 1. The maximum absolute atomic E-state index is 13.5. The summed E-state index contributed by atoms with van der Waals surface area (Å²) < 4.78 is 41.6. The lowest BCUT2D eigenvalue weighted by molar-refractivity contribution is 0.0992. The normalized spacial score (nSPS) is 10.7. The Kier molecular flexibility index (Phi) is 5.46. The molecule has 0 fully saturated rings. The molecule has 0 radical (unpaired) electrons. The Morgan fingerprint density at radius 2 is 1.53 bits per heavy atom. The van der Waals surface area contributed by atoms with Crippen LogP contribution in [0.1, 0.15) is 20.8 Å². The van der Waals surface area contributed by atoms with Crippen LogP contribution in [0.3, 0.4) is 0 Å². The standard InChI is InChI=1S/C23H15F3N4O2/c24-16-11-15(12-17(25)21(16)26)13-5-7-14(8-6-13)23(32)28-18-3-1-2-4-20(18)30-10-9-19(29-30)22(27)31/h1-12H,(H2,27,31)(H,28,32). The second-order valence-corrected chi connectivity index (χ2v) is 6.81. The minimum Gasteiger partial charge on any atom is -0.364 e. The number of carbonyl (C=O) groups is 2. The van der Waals surface area contributed by atoms with E-state index in [4.69, 9.17) is 5.73 Å². The van der Waals surface area contributed by atoms with Crippen LogP contribution in [0.2, 0.25) is 0 Å². The Bertz CT molecular complexity index is 1310. The Balaban J connectivity index is 1.57. The van der Waals surface area contributed by atoms with Crippen molar-refractivity contribution >= 4 is 17.5 Å². The van der Waals surface area contributed by atoms with Gasteiger partial charge in [-0.2, -0.15) is 5.10 Å². The van der Waals surface area contributed by atoms with Gasteiger partial charge in [-0.15, -0.1) is 0 Å². The second-order valence-electron chi connectivity index (χ2n) is 6.81. The van der Waals surface area contributed by atoms with Gasteiger partial charge in [-0.1, -0.05) is 24.3 Å². The number of nitrogens with zero attached hydrogens (tertiary/aromatic N) is 2. The number of halogens is 3. The maximum Gasteiger partial charge on any atom is 0.269 e. The van der Waals surface area contributed by atoms with E-state index in [2.05, 4.69) is 10.4 Å². The molecular formula is C23H15F3N4O2. The molecule has 2 amide bonds. The molecule has 0 aliphatic heterocycles. The zero-order valence-corrected chi connectivity index (χ0v) is 16.4. The fourth-order valence-corrected chi connectivity index (χ4v) is 3.10. The SMILES string of the molecule is NC(=O)c1ccn(-c2ccccc2NC(=O)c2ccc(-c3cc(F)c(F)c(F)c3)cc2)n1. The average molecular weight is 436 g/mol. The van der Waals surface area contributed by atoms with Crippen LogP contribution in [0.4, 0.5) is 18.9 Å². The van der Waals surface area contributed by atoms with Crippen molar-refractivity contribution in [2.45, 2.75) is 0 Å². The first kappa shape index (κ1) is 20.9. The number of nitrogens with two attached hydrogens (primary N) is 1. The highest BCUT2D eigenvalue weighted by Gasteiger charge is 2.14. The predicted molar refractivity (Wildman–Crippen MR) is 112 cm³/mol. The molecule has 32 heavy (non-hydrogen) atoms. The van der Waals surface area contributed by atoms with Gasteiger partial charge in [-0.25, -0.2) is 17.9 Å². The number of hydrogen-bond acceptors (Lipinski definition) is 3. The topological polar surface area (TPSA) is 90.0 Å². The summed E-state index contributed by atoms with van der Waals surface area (Å²) >= 11 is 0. The molecular weight excluding hydrogens is 421 g/mol. The van der Waals surface area contributed by atoms with Crippen LogP contribution < -0.4 is 11.1 Å². The fraction of sp³-hybridized carbons (Fsp3) is 0. The molecule has 4 aromatic rings. The maximum atomic E-state index is 13.5. The number of para-hydroxylation sites is 2. The summed E-state index contributed by atoms with van der Waals surface area (Å²) in [5.41, 5.74) is 7.10. The van der Waals surface area contributed by atoms with Crippen molar-refractivity contribution in [1.82, 2.24) is 9.78 Å². The van der Waals surface area contributed by atoms with E-state index in [1.165, 1.54) is 35.0 Å². The van der Waals surface area contributed by atoms with Gasteiger partial charge in [0.25, 0.3) is 11.8 Å². The molecule has 0 saturated carbocycles. The summed E-state index contributed by atoms with van der Waals surface area (Å²) in [6.07, 6.45) is 1.54. The first-order valence-electron chi connectivity index (χ1n) is 9.34. The van der Waals surface area contributed by atoms with Gasteiger partial charge in [-0.3, -0.25) is 9.59 Å². The smallest absolute Gasteiger partial charge is 0.269 e. The van der Waals surface area contributed by atoms with Gasteiger partial charge in [0.05, 0.1) is 11.4 Å². The summed E-state index contributed by atoms with van der Waals surface area (Å²) in [7, 11) is 0. The van der Waals surface area contributed by atoms with Crippen LogP contribution in [0, 0.1) is 17.5 Å². The molecule has 0 aliphatic rings. The zero-order chi connectivity index (χ0) is 22.8. The number of primary amides is 1. The van der Waals surface area contributed by atoms with Crippen molar-refractivity contribution < 1.29 is 22.8 Å². The van der Waals surface area contributed by atoms with Gasteiger partial charge < -0.3 is 11.1 Å². The van der Waals surface area contributed by atoms with Gasteiger partial charge in [0.1, 0.15) is 5.69 Å². The highest BCUT2D eigenvalue weighted by molar-refractivity contribution is 6.05. The third-order valence-corrected chi connectivity index (χ3v) is 4.70. The largest absolute Gasteiger partial charge is 0.364 e. The first-order valence-corrected chi connectivity index (χ1v) is 9.34. The molecule has 0 aliphatic carbocycles. The number of amides is 2. The molecule has 1 heterocycles. The summed E-state index contributed by atoms with van der Waals surface area (Å²) in [6.45, 7) is 0. The summed E-state index contributed by atoms with van der Waals surface area (Å²) in [4.78, 5) is 24.0. The quantitative estimate of drug-likeness (QED) is 0.457. The number of carbonyl (C=O) groups excluding carboxylic acids is 2. The van der Waals surface area contributed by atoms with Crippen molar-refractivity contribution in [1.29, 1.82) is 0 Å². The number of nitrogens with one attached hydrogen (secondary N) is 1. The van der Waals surface area contributed by atoms with Crippen LogP contribution in [-0.4, -0.2) is 21.6 Å². The van der Waals surface area contributed by atoms with Gasteiger partial charge >= 0.3 is 0 Å². The van der Waals surface area contributed by atoms with Gasteiger partial charge in [0, 0.05) is 11.8 Å². The van der Waals surface area contributed by atoms with Crippen LogP contribution in [0.5, 0.6) is 0 Å². The molecule has 0 unspecified atom stereocenters.